The third-order valence-corrected chi connectivity index (χ3v) is 10.8. The van der Waals surface area contributed by atoms with Crippen LogP contribution >= 0.6 is 0 Å². The molecule has 0 aromatic carbocycles. The van der Waals surface area contributed by atoms with E-state index in [1.165, 1.54) is 7.11 Å². The average Bonchev–Trinajstić information content (AvgIpc) is 2.43. The lowest BCUT2D eigenvalue weighted by molar-refractivity contribution is -0.141. The van der Waals surface area contributed by atoms with Gasteiger partial charge in [0.2, 0.25) is 0 Å². The monoisotopic (exact) mass is 322 g/mol. The summed E-state index contributed by atoms with van der Waals surface area (Å²) in [5.41, 5.74) is 0.0239. The summed E-state index contributed by atoms with van der Waals surface area (Å²) in [6.07, 6.45) is 5.33. The van der Waals surface area contributed by atoms with Crippen molar-refractivity contribution in [1.82, 2.24) is 0 Å². The van der Waals surface area contributed by atoms with Gasteiger partial charge in [0.05, 0.1) is 27.2 Å². The maximum absolute atomic E-state index is 12.8. The first-order valence-corrected chi connectivity index (χ1v) is 10.6. The first-order chi connectivity index (χ1) is 10.0. The van der Waals surface area contributed by atoms with Crippen LogP contribution in [0.15, 0.2) is 23.8 Å². The zero-order valence-corrected chi connectivity index (χ0v) is 15.4. The highest BCUT2D eigenvalue weighted by Crippen LogP contribution is 2.46. The van der Waals surface area contributed by atoms with Crippen LogP contribution in [0.3, 0.4) is 0 Å². The van der Waals surface area contributed by atoms with Gasteiger partial charge in [-0.15, -0.1) is 0 Å². The van der Waals surface area contributed by atoms with E-state index in [0.29, 0.717) is 0 Å². The van der Waals surface area contributed by atoms with Crippen molar-refractivity contribution in [1.29, 1.82) is 0 Å². The van der Waals surface area contributed by atoms with Crippen molar-refractivity contribution in [3.63, 3.8) is 0 Å². The minimum absolute atomic E-state index is 0.00836. The van der Waals surface area contributed by atoms with Crippen LogP contribution in [0.25, 0.3) is 0 Å². The van der Waals surface area contributed by atoms with Gasteiger partial charge in [-0.05, 0) is 11.1 Å². The molecule has 1 unspecified atom stereocenters. The molecule has 0 spiro atoms. The number of hydrogen-bond donors (Lipinski definition) is 0. The van der Waals surface area contributed by atoms with Gasteiger partial charge in [0.15, 0.2) is 11.6 Å². The van der Waals surface area contributed by atoms with Crippen LogP contribution in [0, 0.1) is 0 Å². The van der Waals surface area contributed by atoms with Gasteiger partial charge in [0.25, 0.3) is 0 Å². The predicted octanol–water partition coefficient (Wildman–Crippen LogP) is 3.45. The number of ether oxygens (including phenoxy) is 1. The summed E-state index contributed by atoms with van der Waals surface area (Å²) in [7, 11) is -0.642. The summed E-state index contributed by atoms with van der Waals surface area (Å²) in [5, 5.41) is 0.0508. The van der Waals surface area contributed by atoms with E-state index in [1.54, 1.807) is 12.2 Å². The van der Waals surface area contributed by atoms with Gasteiger partial charge >= 0.3 is 5.97 Å². The topological polar surface area (TPSA) is 60.4 Å². The smallest absolute Gasteiger partial charge is 0.305 e. The van der Waals surface area contributed by atoms with E-state index in [4.69, 9.17) is 0 Å². The van der Waals surface area contributed by atoms with Gasteiger partial charge in [0, 0.05) is 12.0 Å². The van der Waals surface area contributed by atoms with Crippen LogP contribution in [-0.2, 0) is 19.1 Å². The second-order valence-corrected chi connectivity index (χ2v) is 12.8. The van der Waals surface area contributed by atoms with Gasteiger partial charge in [-0.1, -0.05) is 46.0 Å². The van der Waals surface area contributed by atoms with Crippen molar-refractivity contribution in [3.05, 3.63) is 23.8 Å². The summed E-state index contributed by atoms with van der Waals surface area (Å²) in [5.74, 6) is -0.805. The SMILES string of the molecule is COC(=O)CCC(=O)C1=CC=CC([Si](C)(C)C(C)(C)C)C1=O. The number of allylic oxidation sites excluding steroid dienone is 4. The Morgan fingerprint density at radius 3 is 2.32 bits per heavy atom. The number of Topliss-reactive ketones (excluding diaryl/α,β-unsaturated/α-hetero) is 2. The third kappa shape index (κ3) is 3.83. The maximum atomic E-state index is 12.8. The van der Waals surface area contributed by atoms with Crippen LogP contribution < -0.4 is 0 Å². The number of esters is 1. The Balaban J connectivity index is 2.92. The van der Waals surface area contributed by atoms with E-state index < -0.39 is 14.0 Å². The van der Waals surface area contributed by atoms with E-state index in [1.807, 2.05) is 6.08 Å². The fourth-order valence-electron chi connectivity index (χ4n) is 2.32. The second-order valence-electron chi connectivity index (χ2n) is 7.28. The van der Waals surface area contributed by atoms with Gasteiger partial charge in [-0.3, -0.25) is 14.4 Å². The molecular weight excluding hydrogens is 296 g/mol. The normalized spacial score (nSPS) is 18.9. The van der Waals surface area contributed by atoms with Crippen molar-refractivity contribution in [2.75, 3.05) is 7.11 Å². The molecule has 0 aliphatic heterocycles. The number of methoxy groups -OCH3 is 1. The zero-order chi connectivity index (χ0) is 17.1. The van der Waals surface area contributed by atoms with Crippen LogP contribution in [-0.4, -0.2) is 32.7 Å². The highest BCUT2D eigenvalue weighted by molar-refractivity contribution is 6.85. The molecule has 1 aliphatic rings. The maximum Gasteiger partial charge on any atom is 0.305 e. The molecule has 4 nitrogen and oxygen atoms in total. The van der Waals surface area contributed by atoms with Crippen molar-refractivity contribution < 1.29 is 19.1 Å². The lowest BCUT2D eigenvalue weighted by Crippen LogP contribution is -2.46. The van der Waals surface area contributed by atoms with Crippen LogP contribution in [0.4, 0.5) is 0 Å². The Kier molecular flexibility index (Phi) is 5.68. The fraction of sp³-hybridized carbons (Fsp3) is 0.588. The molecule has 122 valence electrons. The minimum atomic E-state index is -1.93. The molecule has 0 aromatic rings. The van der Waals surface area contributed by atoms with Crippen LogP contribution in [0.1, 0.15) is 33.6 Å². The van der Waals surface area contributed by atoms with Crippen LogP contribution in [0.2, 0.25) is 23.7 Å². The van der Waals surface area contributed by atoms with Gasteiger partial charge in [-0.2, -0.15) is 0 Å². The van der Waals surface area contributed by atoms with Crippen molar-refractivity contribution >= 4 is 25.6 Å². The second kappa shape index (κ2) is 6.73. The fourth-order valence-corrected chi connectivity index (χ4v) is 4.65. The summed E-state index contributed by atoms with van der Waals surface area (Å²) < 4.78 is 4.53. The Morgan fingerprint density at radius 2 is 1.82 bits per heavy atom. The van der Waals surface area contributed by atoms with E-state index >= 15 is 0 Å². The molecule has 0 N–H and O–H groups in total. The van der Waals surface area contributed by atoms with Gasteiger partial charge in [0.1, 0.15) is 0 Å². The molecule has 0 heterocycles. The molecule has 0 saturated heterocycles. The molecule has 1 rings (SSSR count). The molecule has 0 bridgehead atoms. The molecule has 1 aliphatic carbocycles. The molecule has 0 fully saturated rings. The predicted molar refractivity (Wildman–Crippen MR) is 89.4 cm³/mol. The molecule has 0 radical (unpaired) electrons. The largest absolute Gasteiger partial charge is 0.469 e. The quantitative estimate of drug-likeness (QED) is 0.442. The molecule has 22 heavy (non-hydrogen) atoms. The Bertz CT molecular complexity index is 535. The molecular formula is C17H26O4Si. The molecule has 0 saturated carbocycles. The van der Waals surface area contributed by atoms with Crippen molar-refractivity contribution in [2.45, 2.75) is 57.3 Å². The van der Waals surface area contributed by atoms with E-state index in [-0.39, 0.29) is 40.6 Å². The number of carbonyl (C=O) groups excluding carboxylic acids is 3. The van der Waals surface area contributed by atoms with E-state index in [2.05, 4.69) is 38.6 Å². The molecule has 0 amide bonds. The first kappa shape index (κ1) is 18.6. The zero-order valence-electron chi connectivity index (χ0n) is 14.4. The number of rotatable bonds is 5. The molecule has 0 aromatic heterocycles. The summed E-state index contributed by atoms with van der Waals surface area (Å²) in [6.45, 7) is 10.8. The Morgan fingerprint density at radius 1 is 1.23 bits per heavy atom. The van der Waals surface area contributed by atoms with Crippen molar-refractivity contribution in [2.24, 2.45) is 0 Å². The highest BCUT2D eigenvalue weighted by Gasteiger charge is 2.46. The lowest BCUT2D eigenvalue weighted by atomic mass is 9.96. The Labute approximate surface area is 133 Å². The molecule has 5 heteroatoms. The standard InChI is InChI=1S/C17H26O4Si/c1-17(2,3)22(5,6)14-9-7-8-12(16(14)20)13(18)10-11-15(19)21-4/h7-9,14H,10-11H2,1-6H3. The van der Waals surface area contributed by atoms with E-state index in [9.17, 15) is 14.4 Å². The van der Waals surface area contributed by atoms with E-state index in [0.717, 1.165) is 0 Å². The summed E-state index contributed by atoms with van der Waals surface area (Å²) >= 11 is 0. The number of hydrogen-bond acceptors (Lipinski definition) is 4. The molecule has 1 atom stereocenters. The number of ketones is 2. The first-order valence-electron chi connectivity index (χ1n) is 7.55. The number of carbonyl (C=O) groups is 3. The average molecular weight is 322 g/mol. The Hall–Kier alpha value is -1.49. The minimum Gasteiger partial charge on any atom is -0.469 e. The third-order valence-electron chi connectivity index (χ3n) is 4.91. The summed E-state index contributed by atoms with van der Waals surface area (Å²) in [6, 6.07) is 0. The lowest BCUT2D eigenvalue weighted by Gasteiger charge is -2.42. The van der Waals surface area contributed by atoms with Gasteiger partial charge in [-0.25, -0.2) is 0 Å². The van der Waals surface area contributed by atoms with Gasteiger partial charge < -0.3 is 4.74 Å². The highest BCUT2D eigenvalue weighted by atomic mass is 28.3. The van der Waals surface area contributed by atoms with Crippen LogP contribution in [0.5, 0.6) is 0 Å². The van der Waals surface area contributed by atoms with Crippen molar-refractivity contribution in [3.8, 4) is 0 Å². The summed E-state index contributed by atoms with van der Waals surface area (Å²) in [4.78, 5) is 36.1.